The van der Waals surface area contributed by atoms with Gasteiger partial charge >= 0.3 is 0 Å². The molecule has 2 rings (SSSR count). The van der Waals surface area contributed by atoms with Gasteiger partial charge in [-0.1, -0.05) is 60.7 Å². The fraction of sp³-hybridized carbons (Fsp3) is 0.200. The Bertz CT molecular complexity index is 417. The highest BCUT2D eigenvalue weighted by atomic mass is 28.3. The summed E-state index contributed by atoms with van der Waals surface area (Å²) in [6.45, 7) is 2.14. The van der Waals surface area contributed by atoms with Crippen LogP contribution in [0.3, 0.4) is 0 Å². The van der Waals surface area contributed by atoms with E-state index in [-0.39, 0.29) is 0 Å². The van der Waals surface area contributed by atoms with Crippen LogP contribution in [0.2, 0.25) is 0 Å². The molecule has 0 heterocycles. The zero-order valence-corrected chi connectivity index (χ0v) is 11.6. The molecule has 0 aliphatic rings. The van der Waals surface area contributed by atoms with Crippen LogP contribution in [0.25, 0.3) is 0 Å². The van der Waals surface area contributed by atoms with Crippen LogP contribution < -0.4 is 10.4 Å². The van der Waals surface area contributed by atoms with E-state index < -0.39 is 15.1 Å². The smallest absolute Gasteiger partial charge is 0.239 e. The van der Waals surface area contributed by atoms with Crippen molar-refractivity contribution < 1.29 is 9.53 Å². The molecule has 0 saturated carbocycles. The lowest BCUT2D eigenvalue weighted by molar-refractivity contribution is 0.124. The predicted molar refractivity (Wildman–Crippen MR) is 76.9 cm³/mol. The fourth-order valence-corrected chi connectivity index (χ4v) is 4.26. The van der Waals surface area contributed by atoms with Gasteiger partial charge in [0.15, 0.2) is 0 Å². The van der Waals surface area contributed by atoms with Crippen LogP contribution in [0, 0.1) is 0 Å². The largest absolute Gasteiger partial charge is 0.408 e. The number of aliphatic hydroxyl groups excluding tert-OH is 1. The van der Waals surface area contributed by atoms with Crippen LogP contribution >= 0.6 is 0 Å². The minimum Gasteiger partial charge on any atom is -0.408 e. The van der Waals surface area contributed by atoms with Crippen molar-refractivity contribution in [3.05, 3.63) is 60.7 Å². The van der Waals surface area contributed by atoms with E-state index in [2.05, 4.69) is 24.3 Å². The highest BCUT2D eigenvalue weighted by molar-refractivity contribution is 6.80. The van der Waals surface area contributed by atoms with E-state index in [1.807, 2.05) is 36.4 Å². The highest BCUT2D eigenvalue weighted by Crippen LogP contribution is 1.96. The lowest BCUT2D eigenvalue weighted by atomic mass is 10.4. The number of aliphatic hydroxyl groups is 1. The molecule has 0 fully saturated rings. The van der Waals surface area contributed by atoms with Crippen molar-refractivity contribution in [3.8, 4) is 0 Å². The topological polar surface area (TPSA) is 29.5 Å². The van der Waals surface area contributed by atoms with Gasteiger partial charge in [-0.05, 0) is 17.3 Å². The molecular formula is C15H18O2Si. The van der Waals surface area contributed by atoms with E-state index in [0.29, 0.717) is 6.61 Å². The molecule has 1 atom stereocenters. The van der Waals surface area contributed by atoms with Crippen LogP contribution in [-0.4, -0.2) is 26.9 Å². The molecule has 0 aromatic heterocycles. The Labute approximate surface area is 110 Å². The minimum atomic E-state index is -1.67. The molecule has 18 heavy (non-hydrogen) atoms. The molecule has 0 radical (unpaired) electrons. The van der Waals surface area contributed by atoms with Crippen molar-refractivity contribution in [1.29, 1.82) is 0 Å². The van der Waals surface area contributed by atoms with Crippen LogP contribution in [0.1, 0.15) is 6.92 Å². The third kappa shape index (κ3) is 3.53. The Morgan fingerprint density at radius 1 is 0.944 bits per heavy atom. The maximum atomic E-state index is 9.39. The summed E-state index contributed by atoms with van der Waals surface area (Å²) in [7, 11) is -1.67. The van der Waals surface area contributed by atoms with Gasteiger partial charge in [0.25, 0.3) is 0 Å². The summed E-state index contributed by atoms with van der Waals surface area (Å²) < 4.78 is 5.96. The quantitative estimate of drug-likeness (QED) is 0.808. The fourth-order valence-electron chi connectivity index (χ4n) is 1.88. The molecular weight excluding hydrogens is 240 g/mol. The van der Waals surface area contributed by atoms with Gasteiger partial charge in [0.05, 0.1) is 12.7 Å². The number of benzene rings is 2. The molecule has 3 heteroatoms. The minimum absolute atomic E-state index is 0.390. The van der Waals surface area contributed by atoms with Crippen molar-refractivity contribution in [2.45, 2.75) is 13.0 Å². The second-order valence-corrected chi connectivity index (χ2v) is 6.81. The summed E-state index contributed by atoms with van der Waals surface area (Å²) in [5.74, 6) is 0. The molecule has 1 unspecified atom stereocenters. The van der Waals surface area contributed by atoms with Crippen LogP contribution in [0.5, 0.6) is 0 Å². The summed E-state index contributed by atoms with van der Waals surface area (Å²) in [6.07, 6.45) is -0.424. The average molecular weight is 258 g/mol. The van der Waals surface area contributed by atoms with E-state index >= 15 is 0 Å². The maximum Gasteiger partial charge on any atom is 0.239 e. The lowest BCUT2D eigenvalue weighted by Gasteiger charge is -2.18. The van der Waals surface area contributed by atoms with Crippen molar-refractivity contribution >= 4 is 19.4 Å². The summed E-state index contributed by atoms with van der Waals surface area (Å²) in [4.78, 5) is 0. The first kappa shape index (κ1) is 13.0. The summed E-state index contributed by atoms with van der Waals surface area (Å²) in [5, 5.41) is 11.9. The van der Waals surface area contributed by atoms with E-state index in [4.69, 9.17) is 4.43 Å². The van der Waals surface area contributed by atoms with E-state index in [1.54, 1.807) is 6.92 Å². The van der Waals surface area contributed by atoms with Gasteiger partial charge in [-0.3, -0.25) is 0 Å². The number of hydrogen-bond acceptors (Lipinski definition) is 2. The Morgan fingerprint density at radius 2 is 1.39 bits per heavy atom. The molecule has 2 nitrogen and oxygen atoms in total. The summed E-state index contributed by atoms with van der Waals surface area (Å²) >= 11 is 0. The van der Waals surface area contributed by atoms with Gasteiger partial charge in [0, 0.05) is 0 Å². The first-order valence-electron chi connectivity index (χ1n) is 6.17. The zero-order valence-electron chi connectivity index (χ0n) is 10.5. The first-order chi connectivity index (χ1) is 8.77. The third-order valence-electron chi connectivity index (χ3n) is 2.71. The zero-order chi connectivity index (χ0) is 12.8. The second-order valence-electron chi connectivity index (χ2n) is 4.38. The van der Waals surface area contributed by atoms with Gasteiger partial charge < -0.3 is 9.53 Å². The van der Waals surface area contributed by atoms with Gasteiger partial charge in [-0.25, -0.2) is 0 Å². The molecule has 2 aromatic rings. The Hall–Kier alpha value is -1.42. The Kier molecular flexibility index (Phi) is 4.70. The highest BCUT2D eigenvalue weighted by Gasteiger charge is 2.17. The number of rotatable bonds is 5. The first-order valence-corrected chi connectivity index (χ1v) is 7.79. The van der Waals surface area contributed by atoms with Crippen molar-refractivity contribution in [2.75, 3.05) is 6.61 Å². The third-order valence-corrected chi connectivity index (χ3v) is 5.22. The standard InChI is InChI=1S/C15H18O2Si/c1-13(16)12-17-18(14-8-4-2-5-9-14)15-10-6-3-7-11-15/h2-11,13,16,18H,12H2,1H3. The van der Waals surface area contributed by atoms with Crippen LogP contribution in [-0.2, 0) is 4.43 Å². The van der Waals surface area contributed by atoms with Gasteiger partial charge in [-0.2, -0.15) is 0 Å². The van der Waals surface area contributed by atoms with Crippen molar-refractivity contribution in [3.63, 3.8) is 0 Å². The van der Waals surface area contributed by atoms with Crippen molar-refractivity contribution in [1.82, 2.24) is 0 Å². The van der Waals surface area contributed by atoms with Gasteiger partial charge in [0.1, 0.15) is 0 Å². The molecule has 0 aliphatic carbocycles. The lowest BCUT2D eigenvalue weighted by Crippen LogP contribution is -2.46. The summed E-state index contributed by atoms with van der Waals surface area (Å²) in [5.41, 5.74) is 0. The van der Waals surface area contributed by atoms with E-state index in [0.717, 1.165) is 0 Å². The van der Waals surface area contributed by atoms with E-state index in [9.17, 15) is 5.11 Å². The SMILES string of the molecule is CC(O)CO[SiH](c1ccccc1)c1ccccc1. The normalized spacial score (nSPS) is 12.6. The molecule has 2 aromatic carbocycles. The molecule has 1 N–H and O–H groups in total. The van der Waals surface area contributed by atoms with Crippen molar-refractivity contribution in [2.24, 2.45) is 0 Å². The maximum absolute atomic E-state index is 9.39. The Morgan fingerprint density at radius 3 is 1.78 bits per heavy atom. The van der Waals surface area contributed by atoms with E-state index in [1.165, 1.54) is 10.4 Å². The van der Waals surface area contributed by atoms with Crippen LogP contribution in [0.4, 0.5) is 0 Å². The second kappa shape index (κ2) is 6.49. The molecule has 0 amide bonds. The average Bonchev–Trinajstić information content (AvgIpc) is 2.41. The van der Waals surface area contributed by atoms with Gasteiger partial charge in [-0.15, -0.1) is 0 Å². The molecule has 0 saturated heterocycles. The molecule has 0 aliphatic heterocycles. The molecule has 94 valence electrons. The summed E-state index contributed by atoms with van der Waals surface area (Å²) in [6, 6.07) is 20.6. The molecule has 0 spiro atoms. The monoisotopic (exact) mass is 258 g/mol. The van der Waals surface area contributed by atoms with Gasteiger partial charge in [0.2, 0.25) is 9.04 Å². The Balaban J connectivity index is 2.24. The predicted octanol–water partition coefficient (Wildman–Crippen LogP) is 0.922. The molecule has 0 bridgehead atoms. The van der Waals surface area contributed by atoms with Crippen LogP contribution in [0.15, 0.2) is 60.7 Å². The number of hydrogen-bond donors (Lipinski definition) is 1.